The Hall–Kier alpha value is -1.46. The zero-order valence-electron chi connectivity index (χ0n) is 16.6. The van der Waals surface area contributed by atoms with Crippen LogP contribution in [0.2, 0.25) is 0 Å². The van der Waals surface area contributed by atoms with Crippen molar-refractivity contribution in [1.29, 1.82) is 0 Å². The van der Waals surface area contributed by atoms with Gasteiger partial charge in [-0.3, -0.25) is 0 Å². The molecule has 26 heavy (non-hydrogen) atoms. The Bertz CT molecular complexity index is 911. The summed E-state index contributed by atoms with van der Waals surface area (Å²) < 4.78 is 16.9. The van der Waals surface area contributed by atoms with Gasteiger partial charge in [0, 0.05) is 0 Å². The van der Waals surface area contributed by atoms with Crippen LogP contribution in [0.1, 0.15) is 40.3 Å². The SMILES string of the molecule is C[O][Ti]([O]C)[O]c1cc(C2=C(C)C(C)=C(C)C2(C)C)nc2ccccc12. The first-order chi connectivity index (χ1) is 12.3. The van der Waals surface area contributed by atoms with Crippen LogP contribution in [0.5, 0.6) is 5.75 Å². The first-order valence-electron chi connectivity index (χ1n) is 8.73. The summed E-state index contributed by atoms with van der Waals surface area (Å²) in [5.41, 5.74) is 7.14. The summed E-state index contributed by atoms with van der Waals surface area (Å²) in [7, 11) is 3.26. The molecule has 1 aliphatic rings. The fraction of sp³-hybridized carbons (Fsp3) is 0.381. The van der Waals surface area contributed by atoms with Gasteiger partial charge in [-0.1, -0.05) is 0 Å². The van der Waals surface area contributed by atoms with Crippen molar-refractivity contribution in [3.05, 3.63) is 52.7 Å². The van der Waals surface area contributed by atoms with Gasteiger partial charge in [-0.15, -0.1) is 0 Å². The zero-order chi connectivity index (χ0) is 19.1. The van der Waals surface area contributed by atoms with Crippen LogP contribution in [0.15, 0.2) is 47.1 Å². The van der Waals surface area contributed by atoms with Gasteiger partial charge >= 0.3 is 163 Å². The Morgan fingerprint density at radius 1 is 0.962 bits per heavy atom. The van der Waals surface area contributed by atoms with E-state index in [1.807, 2.05) is 30.3 Å². The molecule has 4 nitrogen and oxygen atoms in total. The molecular formula is C21H26NO3Ti. The average Bonchev–Trinajstić information content (AvgIpc) is 2.78. The molecule has 0 spiro atoms. The Morgan fingerprint density at radius 3 is 2.19 bits per heavy atom. The molecule has 137 valence electrons. The maximum atomic E-state index is 6.13. The summed E-state index contributed by atoms with van der Waals surface area (Å²) in [6, 6.07) is 10.1. The van der Waals surface area contributed by atoms with Gasteiger partial charge in [-0.25, -0.2) is 0 Å². The molecule has 2 aromatic rings. The third kappa shape index (κ3) is 3.16. The number of aromatic nitrogens is 1. The third-order valence-corrected chi connectivity index (χ3v) is 7.17. The molecule has 0 atom stereocenters. The van der Waals surface area contributed by atoms with Crippen LogP contribution in [-0.4, -0.2) is 19.2 Å². The summed E-state index contributed by atoms with van der Waals surface area (Å²) >= 11 is -2.50. The van der Waals surface area contributed by atoms with Crippen molar-refractivity contribution >= 4 is 16.5 Å². The van der Waals surface area contributed by atoms with Gasteiger partial charge in [0.2, 0.25) is 0 Å². The Kier molecular flexibility index (Phi) is 5.41. The first-order valence-corrected chi connectivity index (χ1v) is 10.6. The second-order valence-corrected chi connectivity index (χ2v) is 9.53. The Labute approximate surface area is 163 Å². The van der Waals surface area contributed by atoms with Gasteiger partial charge in [0.05, 0.1) is 0 Å². The molecule has 3 rings (SSSR count). The summed E-state index contributed by atoms with van der Waals surface area (Å²) in [4.78, 5) is 4.96. The molecule has 1 aromatic heterocycles. The number of para-hydroxylation sites is 1. The quantitative estimate of drug-likeness (QED) is 0.642. The molecule has 1 aromatic carbocycles. The van der Waals surface area contributed by atoms with Crippen LogP contribution in [0, 0.1) is 5.41 Å². The van der Waals surface area contributed by atoms with E-state index in [9.17, 15) is 0 Å². The van der Waals surface area contributed by atoms with Crippen LogP contribution in [-0.2, 0) is 25.7 Å². The van der Waals surface area contributed by atoms with Crippen molar-refractivity contribution in [2.45, 2.75) is 34.6 Å². The number of allylic oxidation sites excluding steroid dienone is 4. The van der Waals surface area contributed by atoms with E-state index in [0.717, 1.165) is 22.3 Å². The standard InChI is InChI=1S/C19H21NO.2CH3O.Ti/c1-11-12(2)18(19(4,5)13(11)3)16-10-17(21)14-8-6-7-9-15(14)20-16;2*1-2;/h6-10H,1-5H3,(H,20,21);2*1H3;/q;2*-1;+3/p-1. The van der Waals surface area contributed by atoms with Crippen molar-refractivity contribution in [2.75, 3.05) is 14.2 Å². The number of rotatable bonds is 5. The minimum absolute atomic E-state index is 0.0531. The second-order valence-electron chi connectivity index (χ2n) is 7.16. The predicted molar refractivity (Wildman–Crippen MR) is 101 cm³/mol. The second kappa shape index (κ2) is 7.28. The van der Waals surface area contributed by atoms with Crippen molar-refractivity contribution in [2.24, 2.45) is 5.41 Å². The van der Waals surface area contributed by atoms with Crippen LogP contribution in [0.3, 0.4) is 0 Å². The van der Waals surface area contributed by atoms with E-state index in [4.69, 9.17) is 14.9 Å². The van der Waals surface area contributed by atoms with E-state index in [1.54, 1.807) is 14.2 Å². The molecule has 0 bridgehead atoms. The van der Waals surface area contributed by atoms with Crippen molar-refractivity contribution in [3.8, 4) is 5.75 Å². The van der Waals surface area contributed by atoms with E-state index >= 15 is 0 Å². The summed E-state index contributed by atoms with van der Waals surface area (Å²) in [5.74, 6) is 0.780. The Balaban J connectivity index is 2.20. The molecule has 1 heterocycles. The summed E-state index contributed by atoms with van der Waals surface area (Å²) in [6.07, 6.45) is 0. The number of pyridine rings is 1. The van der Waals surface area contributed by atoms with E-state index in [-0.39, 0.29) is 5.41 Å². The molecule has 0 radical (unpaired) electrons. The maximum absolute atomic E-state index is 6.13. The van der Waals surface area contributed by atoms with E-state index in [0.29, 0.717) is 0 Å². The van der Waals surface area contributed by atoms with Crippen LogP contribution < -0.4 is 3.32 Å². The molecule has 5 heteroatoms. The third-order valence-electron chi connectivity index (χ3n) is 5.52. The Morgan fingerprint density at radius 2 is 1.62 bits per heavy atom. The summed E-state index contributed by atoms with van der Waals surface area (Å²) in [5, 5.41) is 0.978. The number of benzene rings is 1. The van der Waals surface area contributed by atoms with Gasteiger partial charge in [-0.05, 0) is 0 Å². The van der Waals surface area contributed by atoms with E-state index in [1.165, 1.54) is 22.3 Å². The fourth-order valence-electron chi connectivity index (χ4n) is 3.72. The topological polar surface area (TPSA) is 40.6 Å². The molecule has 0 saturated heterocycles. The minimum atomic E-state index is -2.50. The van der Waals surface area contributed by atoms with Crippen LogP contribution in [0.4, 0.5) is 0 Å². The van der Waals surface area contributed by atoms with Crippen LogP contribution >= 0.6 is 0 Å². The van der Waals surface area contributed by atoms with Crippen molar-refractivity contribution < 1.29 is 29.0 Å². The average molecular weight is 388 g/mol. The van der Waals surface area contributed by atoms with Crippen molar-refractivity contribution in [1.82, 2.24) is 4.98 Å². The van der Waals surface area contributed by atoms with Crippen molar-refractivity contribution in [3.63, 3.8) is 0 Å². The van der Waals surface area contributed by atoms with Gasteiger partial charge < -0.3 is 0 Å². The molecule has 0 N–H and O–H groups in total. The normalized spacial score (nSPS) is 16.6. The molecule has 1 aliphatic carbocycles. The van der Waals surface area contributed by atoms with Gasteiger partial charge in [0.1, 0.15) is 0 Å². The van der Waals surface area contributed by atoms with Gasteiger partial charge in [0.15, 0.2) is 0 Å². The first kappa shape index (κ1) is 19.3. The number of nitrogens with zero attached hydrogens (tertiary/aromatic N) is 1. The monoisotopic (exact) mass is 388 g/mol. The molecule has 0 saturated carbocycles. The molecular weight excluding hydrogens is 362 g/mol. The number of fused-ring (bicyclic) bond motifs is 1. The molecule has 0 amide bonds. The molecule has 0 aliphatic heterocycles. The molecule has 0 unspecified atom stereocenters. The van der Waals surface area contributed by atoms with Gasteiger partial charge in [0.25, 0.3) is 0 Å². The van der Waals surface area contributed by atoms with E-state index in [2.05, 4.69) is 34.6 Å². The predicted octanol–water partition coefficient (Wildman–Crippen LogP) is 5.42. The summed E-state index contributed by atoms with van der Waals surface area (Å²) in [6.45, 7) is 11.1. The number of hydrogen-bond acceptors (Lipinski definition) is 4. The fourth-order valence-corrected chi connectivity index (χ4v) is 4.78. The number of hydrogen-bond donors (Lipinski definition) is 0. The van der Waals surface area contributed by atoms with E-state index < -0.39 is 19.0 Å². The molecule has 0 fully saturated rings. The van der Waals surface area contributed by atoms with Crippen LogP contribution in [0.25, 0.3) is 16.5 Å². The van der Waals surface area contributed by atoms with Gasteiger partial charge in [-0.2, -0.15) is 0 Å². The zero-order valence-corrected chi connectivity index (χ0v) is 18.1.